The van der Waals surface area contributed by atoms with Crippen molar-refractivity contribution in [3.63, 3.8) is 0 Å². The summed E-state index contributed by atoms with van der Waals surface area (Å²) in [7, 11) is 0. The molecule has 0 aliphatic carbocycles. The Morgan fingerprint density at radius 1 is 1.04 bits per heavy atom. The molecule has 0 spiro atoms. The number of hydrogen-bond acceptors (Lipinski definition) is 1. The van der Waals surface area contributed by atoms with E-state index in [0.717, 1.165) is 30.5 Å². The molecule has 1 fully saturated rings. The summed E-state index contributed by atoms with van der Waals surface area (Å²) in [4.78, 5) is 14.4. The van der Waals surface area contributed by atoms with Crippen LogP contribution in [0.4, 0.5) is 13.2 Å². The lowest BCUT2D eigenvalue weighted by Crippen LogP contribution is -2.34. The monoisotopic (exact) mass is 345 g/mol. The number of hydrogen-bond donors (Lipinski definition) is 0. The molecule has 0 bridgehead atoms. The summed E-state index contributed by atoms with van der Waals surface area (Å²) in [6.45, 7) is 0.615. The van der Waals surface area contributed by atoms with Crippen LogP contribution in [-0.4, -0.2) is 23.4 Å². The van der Waals surface area contributed by atoms with Crippen LogP contribution in [0.2, 0.25) is 0 Å². The summed E-state index contributed by atoms with van der Waals surface area (Å²) in [5.41, 5.74) is 0.593. The summed E-state index contributed by atoms with van der Waals surface area (Å²) in [5.74, 6) is -0.228. The highest BCUT2D eigenvalue weighted by molar-refractivity contribution is 5.94. The zero-order valence-corrected chi connectivity index (χ0v) is 13.5. The van der Waals surface area contributed by atoms with Crippen LogP contribution in [0.15, 0.2) is 60.7 Å². The molecule has 5 heteroatoms. The second-order valence-electron chi connectivity index (χ2n) is 6.05. The molecule has 25 heavy (non-hydrogen) atoms. The van der Waals surface area contributed by atoms with Gasteiger partial charge in [-0.25, -0.2) is 0 Å². The molecular weight excluding hydrogens is 327 g/mol. The van der Waals surface area contributed by atoms with Gasteiger partial charge in [-0.3, -0.25) is 4.79 Å². The smallest absolute Gasteiger partial charge is 0.332 e. The van der Waals surface area contributed by atoms with Gasteiger partial charge in [-0.15, -0.1) is 0 Å². The average Bonchev–Trinajstić information content (AvgIpc) is 3.08. The minimum absolute atomic E-state index is 0.0324. The van der Waals surface area contributed by atoms with Gasteiger partial charge in [-0.05, 0) is 42.7 Å². The van der Waals surface area contributed by atoms with E-state index >= 15 is 0 Å². The van der Waals surface area contributed by atoms with Crippen molar-refractivity contribution in [3.8, 4) is 0 Å². The number of nitrogens with zero attached hydrogens (tertiary/aromatic N) is 1. The highest BCUT2D eigenvalue weighted by Gasteiger charge is 2.31. The molecule has 1 aliphatic rings. The molecule has 2 nitrogen and oxygen atoms in total. The average molecular weight is 345 g/mol. The lowest BCUT2D eigenvalue weighted by Gasteiger charge is -2.22. The van der Waals surface area contributed by atoms with Gasteiger partial charge in [0, 0.05) is 12.1 Å². The minimum Gasteiger partial charge on any atom is -0.332 e. The molecule has 0 saturated carbocycles. The fourth-order valence-corrected chi connectivity index (χ4v) is 3.00. The van der Waals surface area contributed by atoms with E-state index in [9.17, 15) is 18.0 Å². The fourth-order valence-electron chi connectivity index (χ4n) is 3.00. The number of benzene rings is 2. The molecule has 1 unspecified atom stereocenters. The van der Waals surface area contributed by atoms with E-state index in [-0.39, 0.29) is 17.5 Å². The SMILES string of the molecule is O=C(c1ccc(C(F)(F)F)cc1)N1CCCC1C=Cc1ccccc1. The molecule has 1 amide bonds. The third kappa shape index (κ3) is 4.10. The molecular formula is C20H18F3NO. The first-order valence-electron chi connectivity index (χ1n) is 8.16. The van der Waals surface area contributed by atoms with Gasteiger partial charge in [-0.1, -0.05) is 42.5 Å². The van der Waals surface area contributed by atoms with Crippen LogP contribution in [0.25, 0.3) is 6.08 Å². The summed E-state index contributed by atoms with van der Waals surface area (Å²) in [6, 6.07) is 14.2. The van der Waals surface area contributed by atoms with Crippen molar-refractivity contribution in [1.82, 2.24) is 4.90 Å². The number of amides is 1. The first-order chi connectivity index (χ1) is 11.9. The van der Waals surface area contributed by atoms with Crippen molar-refractivity contribution in [2.24, 2.45) is 0 Å². The van der Waals surface area contributed by atoms with Crippen LogP contribution in [0.3, 0.4) is 0 Å². The highest BCUT2D eigenvalue weighted by Crippen LogP contribution is 2.30. The van der Waals surface area contributed by atoms with Crippen molar-refractivity contribution in [3.05, 3.63) is 77.4 Å². The first-order valence-corrected chi connectivity index (χ1v) is 8.16. The molecule has 2 aromatic rings. The summed E-state index contributed by atoms with van der Waals surface area (Å²) in [5, 5.41) is 0. The number of halogens is 3. The molecule has 1 heterocycles. The van der Waals surface area contributed by atoms with E-state index in [4.69, 9.17) is 0 Å². The molecule has 0 aromatic heterocycles. The number of rotatable bonds is 3. The molecule has 130 valence electrons. The highest BCUT2D eigenvalue weighted by atomic mass is 19.4. The normalized spacial score (nSPS) is 18.0. The molecule has 2 aromatic carbocycles. The maximum Gasteiger partial charge on any atom is 0.416 e. The maximum atomic E-state index is 12.6. The van der Waals surface area contributed by atoms with Gasteiger partial charge in [0.05, 0.1) is 11.6 Å². The van der Waals surface area contributed by atoms with Crippen LogP contribution in [0, 0.1) is 0 Å². The van der Waals surface area contributed by atoms with E-state index < -0.39 is 11.7 Å². The van der Waals surface area contributed by atoms with Gasteiger partial charge in [0.1, 0.15) is 0 Å². The Labute approximate surface area is 144 Å². The molecule has 1 atom stereocenters. The Hall–Kier alpha value is -2.56. The van der Waals surface area contributed by atoms with Crippen LogP contribution in [-0.2, 0) is 6.18 Å². The number of carbonyl (C=O) groups excluding carboxylic acids is 1. The summed E-state index contributed by atoms with van der Waals surface area (Å²) < 4.78 is 37.9. The minimum atomic E-state index is -4.39. The topological polar surface area (TPSA) is 20.3 Å². The van der Waals surface area contributed by atoms with Crippen molar-refractivity contribution < 1.29 is 18.0 Å². The van der Waals surface area contributed by atoms with Crippen molar-refractivity contribution in [2.75, 3.05) is 6.54 Å². The van der Waals surface area contributed by atoms with E-state index in [1.807, 2.05) is 42.5 Å². The quantitative estimate of drug-likeness (QED) is 0.765. The van der Waals surface area contributed by atoms with Crippen molar-refractivity contribution in [2.45, 2.75) is 25.1 Å². The largest absolute Gasteiger partial charge is 0.416 e. The summed E-state index contributed by atoms with van der Waals surface area (Å²) >= 11 is 0. The zero-order chi connectivity index (χ0) is 17.9. The zero-order valence-electron chi connectivity index (χ0n) is 13.5. The molecule has 0 N–H and O–H groups in total. The third-order valence-electron chi connectivity index (χ3n) is 4.33. The predicted octanol–water partition coefficient (Wildman–Crippen LogP) is 5.02. The van der Waals surface area contributed by atoms with Gasteiger partial charge in [0.2, 0.25) is 0 Å². The van der Waals surface area contributed by atoms with Gasteiger partial charge in [-0.2, -0.15) is 13.2 Å². The number of carbonyl (C=O) groups is 1. The third-order valence-corrected chi connectivity index (χ3v) is 4.33. The Morgan fingerprint density at radius 2 is 1.72 bits per heavy atom. The van der Waals surface area contributed by atoms with E-state index in [1.165, 1.54) is 12.1 Å². The van der Waals surface area contributed by atoms with Gasteiger partial charge in [0.15, 0.2) is 0 Å². The van der Waals surface area contributed by atoms with Crippen molar-refractivity contribution in [1.29, 1.82) is 0 Å². The van der Waals surface area contributed by atoms with Crippen LogP contribution >= 0.6 is 0 Å². The fraction of sp³-hybridized carbons (Fsp3) is 0.250. The Kier molecular flexibility index (Phi) is 4.93. The lowest BCUT2D eigenvalue weighted by atomic mass is 10.1. The Bertz CT molecular complexity index is 751. The van der Waals surface area contributed by atoms with E-state index in [0.29, 0.717) is 6.54 Å². The lowest BCUT2D eigenvalue weighted by molar-refractivity contribution is -0.137. The number of likely N-dealkylation sites (tertiary alicyclic amines) is 1. The van der Waals surface area contributed by atoms with Crippen LogP contribution < -0.4 is 0 Å². The van der Waals surface area contributed by atoms with Gasteiger partial charge < -0.3 is 4.90 Å². The van der Waals surface area contributed by atoms with E-state index in [1.54, 1.807) is 4.90 Å². The summed E-state index contributed by atoms with van der Waals surface area (Å²) in [6.07, 6.45) is 1.31. The second kappa shape index (κ2) is 7.13. The van der Waals surface area contributed by atoms with Gasteiger partial charge >= 0.3 is 6.18 Å². The second-order valence-corrected chi connectivity index (χ2v) is 6.05. The van der Waals surface area contributed by atoms with E-state index in [2.05, 4.69) is 0 Å². The predicted molar refractivity (Wildman–Crippen MR) is 91.0 cm³/mol. The standard InChI is InChI=1S/C20H18F3NO/c21-20(22,23)17-11-9-16(10-12-17)19(25)24-14-4-7-18(24)13-8-15-5-2-1-3-6-15/h1-3,5-6,8-13,18H,4,7,14H2. The molecule has 3 rings (SSSR count). The number of alkyl halides is 3. The molecule has 1 saturated heterocycles. The molecule has 0 radical (unpaired) electrons. The van der Waals surface area contributed by atoms with Crippen LogP contribution in [0.1, 0.15) is 34.3 Å². The van der Waals surface area contributed by atoms with Gasteiger partial charge in [0.25, 0.3) is 5.91 Å². The Balaban J connectivity index is 1.73. The van der Waals surface area contributed by atoms with Crippen LogP contribution in [0.5, 0.6) is 0 Å². The maximum absolute atomic E-state index is 12.6. The van der Waals surface area contributed by atoms with Crippen molar-refractivity contribution >= 4 is 12.0 Å². The molecule has 1 aliphatic heterocycles. The first kappa shape index (κ1) is 17.3. The Morgan fingerprint density at radius 3 is 2.36 bits per heavy atom.